The minimum absolute atomic E-state index is 0.333. The second kappa shape index (κ2) is 5.72. The highest BCUT2D eigenvalue weighted by atomic mass is 32.1. The van der Waals surface area contributed by atoms with Crippen molar-refractivity contribution >= 4 is 17.3 Å². The largest absolute Gasteiger partial charge is 0.423 e. The zero-order valence-electron chi connectivity index (χ0n) is 10.7. The highest BCUT2D eigenvalue weighted by molar-refractivity contribution is 7.13. The number of thiophene rings is 1. The zero-order valence-corrected chi connectivity index (χ0v) is 11.5. The van der Waals surface area contributed by atoms with Gasteiger partial charge in [-0.2, -0.15) is 0 Å². The molecule has 3 heteroatoms. The van der Waals surface area contributed by atoms with E-state index in [2.05, 4.69) is 0 Å². The smallest absolute Gasteiger partial charge is 0.344 e. The zero-order chi connectivity index (χ0) is 13.8. The molecule has 0 bridgehead atoms. The molecule has 0 aliphatic heterocycles. The summed E-state index contributed by atoms with van der Waals surface area (Å²) in [6, 6.07) is 20.6. The molecule has 1 heterocycles. The van der Waals surface area contributed by atoms with Gasteiger partial charge < -0.3 is 4.74 Å². The minimum atomic E-state index is -0.333. The second-order valence-electron chi connectivity index (χ2n) is 4.23. The third-order valence-electron chi connectivity index (χ3n) is 2.89. The molecule has 0 amide bonds. The van der Waals surface area contributed by atoms with Crippen molar-refractivity contribution in [1.29, 1.82) is 0 Å². The van der Waals surface area contributed by atoms with Crippen molar-refractivity contribution in [3.63, 3.8) is 0 Å². The van der Waals surface area contributed by atoms with Crippen molar-refractivity contribution in [3.8, 4) is 16.2 Å². The fourth-order valence-electron chi connectivity index (χ4n) is 1.96. The van der Waals surface area contributed by atoms with Crippen molar-refractivity contribution in [2.45, 2.75) is 0 Å². The van der Waals surface area contributed by atoms with Crippen molar-refractivity contribution < 1.29 is 9.53 Å². The average Bonchev–Trinajstić information content (AvgIpc) is 3.02. The van der Waals surface area contributed by atoms with Crippen LogP contribution in [0, 0.1) is 0 Å². The SMILES string of the molecule is O=C(Oc1ccccc1)c1ccccc1-c1cccs1. The van der Waals surface area contributed by atoms with Crippen LogP contribution in [0.15, 0.2) is 72.1 Å². The number of hydrogen-bond donors (Lipinski definition) is 0. The maximum atomic E-state index is 12.3. The Labute approximate surface area is 121 Å². The Morgan fingerprint density at radius 3 is 2.35 bits per heavy atom. The number of para-hydroxylation sites is 1. The molecule has 2 nitrogen and oxygen atoms in total. The van der Waals surface area contributed by atoms with Gasteiger partial charge in [-0.15, -0.1) is 11.3 Å². The van der Waals surface area contributed by atoms with Crippen LogP contribution >= 0.6 is 11.3 Å². The molecule has 0 radical (unpaired) electrons. The number of ether oxygens (including phenoxy) is 1. The lowest BCUT2D eigenvalue weighted by molar-refractivity contribution is 0.0735. The molecule has 0 spiro atoms. The summed E-state index contributed by atoms with van der Waals surface area (Å²) in [6.07, 6.45) is 0. The Morgan fingerprint density at radius 2 is 1.60 bits per heavy atom. The van der Waals surface area contributed by atoms with Crippen molar-refractivity contribution in [2.75, 3.05) is 0 Å². The highest BCUT2D eigenvalue weighted by Gasteiger charge is 2.14. The molecule has 2 aromatic carbocycles. The Bertz CT molecular complexity index is 703. The van der Waals surface area contributed by atoms with Gasteiger partial charge in [-0.25, -0.2) is 4.79 Å². The van der Waals surface area contributed by atoms with Crippen LogP contribution in [0.1, 0.15) is 10.4 Å². The summed E-state index contributed by atoms with van der Waals surface area (Å²) in [4.78, 5) is 13.4. The van der Waals surface area contributed by atoms with Crippen LogP contribution < -0.4 is 4.74 Å². The Hall–Kier alpha value is -2.39. The molecule has 3 rings (SSSR count). The molecule has 0 unspecified atom stereocenters. The summed E-state index contributed by atoms with van der Waals surface area (Å²) >= 11 is 1.61. The summed E-state index contributed by atoms with van der Waals surface area (Å²) in [5.41, 5.74) is 1.49. The molecule has 0 aliphatic carbocycles. The summed E-state index contributed by atoms with van der Waals surface area (Å²) in [7, 11) is 0. The van der Waals surface area contributed by atoms with Gasteiger partial charge in [0.2, 0.25) is 0 Å². The van der Waals surface area contributed by atoms with Crippen molar-refractivity contribution in [1.82, 2.24) is 0 Å². The van der Waals surface area contributed by atoms with Crippen molar-refractivity contribution in [3.05, 3.63) is 77.7 Å². The van der Waals surface area contributed by atoms with Crippen LogP contribution in [-0.2, 0) is 0 Å². The number of esters is 1. The lowest BCUT2D eigenvalue weighted by Gasteiger charge is -2.08. The second-order valence-corrected chi connectivity index (χ2v) is 5.17. The van der Waals surface area contributed by atoms with E-state index < -0.39 is 0 Å². The summed E-state index contributed by atoms with van der Waals surface area (Å²) in [5.74, 6) is 0.221. The first kappa shape index (κ1) is 12.6. The van der Waals surface area contributed by atoms with Crippen LogP contribution in [0.25, 0.3) is 10.4 Å². The predicted octanol–water partition coefficient (Wildman–Crippen LogP) is 4.63. The number of benzene rings is 2. The molecule has 0 fully saturated rings. The first-order chi connectivity index (χ1) is 9.84. The monoisotopic (exact) mass is 280 g/mol. The summed E-state index contributed by atoms with van der Waals surface area (Å²) in [5, 5.41) is 1.99. The van der Waals surface area contributed by atoms with E-state index in [0.29, 0.717) is 11.3 Å². The molecule has 0 saturated heterocycles. The van der Waals surface area contributed by atoms with Gasteiger partial charge >= 0.3 is 5.97 Å². The van der Waals surface area contributed by atoms with Crippen LogP contribution in [0.4, 0.5) is 0 Å². The van der Waals surface area contributed by atoms with Crippen LogP contribution in [0.2, 0.25) is 0 Å². The van der Waals surface area contributed by atoms with Crippen LogP contribution in [0.3, 0.4) is 0 Å². The third kappa shape index (κ3) is 2.63. The molecule has 20 heavy (non-hydrogen) atoms. The first-order valence-corrected chi connectivity index (χ1v) is 7.13. The van der Waals surface area contributed by atoms with Gasteiger partial charge in [-0.3, -0.25) is 0 Å². The average molecular weight is 280 g/mol. The molecule has 98 valence electrons. The molecular weight excluding hydrogens is 268 g/mol. The quantitative estimate of drug-likeness (QED) is 0.516. The standard InChI is InChI=1S/C17H12O2S/c18-17(19-13-7-2-1-3-8-13)15-10-5-4-9-14(15)16-11-6-12-20-16/h1-12H. The maximum absolute atomic E-state index is 12.3. The van der Waals surface area contributed by atoms with E-state index in [0.717, 1.165) is 10.4 Å². The van der Waals surface area contributed by atoms with Gasteiger partial charge in [0.05, 0.1) is 5.56 Å². The molecule has 3 aromatic rings. The minimum Gasteiger partial charge on any atom is -0.423 e. The van der Waals surface area contributed by atoms with E-state index in [-0.39, 0.29) is 5.97 Å². The number of rotatable bonds is 3. The van der Waals surface area contributed by atoms with Crippen molar-refractivity contribution in [2.24, 2.45) is 0 Å². The third-order valence-corrected chi connectivity index (χ3v) is 3.79. The Kier molecular flexibility index (Phi) is 3.61. The highest BCUT2D eigenvalue weighted by Crippen LogP contribution is 2.28. The van der Waals surface area contributed by atoms with Crippen LogP contribution in [0.5, 0.6) is 5.75 Å². The van der Waals surface area contributed by atoms with Gasteiger partial charge in [0.25, 0.3) is 0 Å². The van der Waals surface area contributed by atoms with E-state index in [9.17, 15) is 4.79 Å². The van der Waals surface area contributed by atoms with Gasteiger partial charge in [-0.1, -0.05) is 42.5 Å². The van der Waals surface area contributed by atoms with Crippen LogP contribution in [-0.4, -0.2) is 5.97 Å². The first-order valence-electron chi connectivity index (χ1n) is 6.25. The Morgan fingerprint density at radius 1 is 0.850 bits per heavy atom. The van der Waals surface area contributed by atoms with Gasteiger partial charge in [0.15, 0.2) is 0 Å². The predicted molar refractivity (Wildman–Crippen MR) is 81.2 cm³/mol. The molecule has 0 saturated carbocycles. The lowest BCUT2D eigenvalue weighted by Crippen LogP contribution is -2.09. The summed E-state index contributed by atoms with van der Waals surface area (Å²) in [6.45, 7) is 0. The van der Waals surface area contributed by atoms with E-state index in [1.807, 2.05) is 53.9 Å². The molecule has 1 aromatic heterocycles. The normalized spacial score (nSPS) is 10.2. The fourth-order valence-corrected chi connectivity index (χ4v) is 2.72. The van der Waals surface area contributed by atoms with E-state index in [1.54, 1.807) is 29.5 Å². The Balaban J connectivity index is 1.93. The number of hydrogen-bond acceptors (Lipinski definition) is 3. The van der Waals surface area contributed by atoms with E-state index >= 15 is 0 Å². The van der Waals surface area contributed by atoms with Gasteiger partial charge in [-0.05, 0) is 29.6 Å². The lowest BCUT2D eigenvalue weighted by atomic mass is 10.1. The molecule has 0 atom stereocenters. The fraction of sp³-hybridized carbons (Fsp3) is 0. The number of carbonyl (C=O) groups excluding carboxylic acids is 1. The molecule has 0 aliphatic rings. The topological polar surface area (TPSA) is 26.3 Å². The van der Waals surface area contributed by atoms with E-state index in [4.69, 9.17) is 4.74 Å². The van der Waals surface area contributed by atoms with E-state index in [1.165, 1.54) is 0 Å². The summed E-state index contributed by atoms with van der Waals surface area (Å²) < 4.78 is 5.40. The van der Waals surface area contributed by atoms with Gasteiger partial charge in [0.1, 0.15) is 5.75 Å². The number of carbonyl (C=O) groups is 1. The molecular formula is C17H12O2S. The molecule has 0 N–H and O–H groups in total. The van der Waals surface area contributed by atoms with Gasteiger partial charge in [0, 0.05) is 10.4 Å². The maximum Gasteiger partial charge on any atom is 0.344 e.